The van der Waals surface area contributed by atoms with Crippen LogP contribution in [0.2, 0.25) is 0 Å². The van der Waals surface area contributed by atoms with Crippen molar-refractivity contribution in [3.05, 3.63) is 72.4 Å². The van der Waals surface area contributed by atoms with E-state index in [1.54, 1.807) is 0 Å². The Bertz CT molecular complexity index is 508. The molecule has 0 saturated heterocycles. The third-order valence-electron chi connectivity index (χ3n) is 4.81. The van der Waals surface area contributed by atoms with Crippen LogP contribution in [0.3, 0.4) is 0 Å². The van der Waals surface area contributed by atoms with Gasteiger partial charge in [-0.3, -0.25) is 0 Å². The predicted octanol–water partition coefficient (Wildman–Crippen LogP) is 5.04. The second-order valence-corrected chi connectivity index (χ2v) is 6.15. The monoisotopic (exact) mass is 284 g/mol. The molecular weight excluding hydrogens is 256 g/mol. The smallest absolute Gasteiger partial charge is 0.0439 e. The van der Waals surface area contributed by atoms with Crippen molar-refractivity contribution in [2.75, 3.05) is 6.61 Å². The summed E-state index contributed by atoms with van der Waals surface area (Å²) in [5.41, 5.74) is 2.13. The molecule has 1 nitrogen and oxygen atoms in total. The number of allylic oxidation sites excluding steroid dienone is 5. The Hall–Kier alpha value is -1.60. The zero-order chi connectivity index (χ0) is 15.9. The Morgan fingerprint density at radius 1 is 1.19 bits per heavy atom. The maximum Gasteiger partial charge on any atom is 0.0439 e. The van der Waals surface area contributed by atoms with Gasteiger partial charge in [-0.1, -0.05) is 82.0 Å². The summed E-state index contributed by atoms with van der Waals surface area (Å²) in [6, 6.07) is 10.4. The van der Waals surface area contributed by atoms with Crippen molar-refractivity contribution in [3.8, 4) is 0 Å². The Kier molecular flexibility index (Phi) is 6.17. The SMILES string of the molecule is C=C/C(=C\C=C/C)C(C)(C)C(C)(CCO)c1ccccc1. The third kappa shape index (κ3) is 3.54. The molecule has 0 heterocycles. The van der Waals surface area contributed by atoms with Crippen LogP contribution in [0.4, 0.5) is 0 Å². The first-order chi connectivity index (χ1) is 9.94. The average Bonchev–Trinajstić information content (AvgIpc) is 2.48. The van der Waals surface area contributed by atoms with Gasteiger partial charge in [0.15, 0.2) is 0 Å². The largest absolute Gasteiger partial charge is 0.396 e. The fourth-order valence-electron chi connectivity index (χ4n) is 2.90. The van der Waals surface area contributed by atoms with Crippen LogP contribution in [0.25, 0.3) is 0 Å². The molecule has 1 heteroatoms. The zero-order valence-electron chi connectivity index (χ0n) is 13.8. The Morgan fingerprint density at radius 3 is 2.29 bits per heavy atom. The number of hydrogen-bond donors (Lipinski definition) is 1. The van der Waals surface area contributed by atoms with E-state index < -0.39 is 0 Å². The number of rotatable bonds is 7. The molecule has 0 fully saturated rings. The van der Waals surface area contributed by atoms with Crippen molar-refractivity contribution in [3.63, 3.8) is 0 Å². The van der Waals surface area contributed by atoms with Crippen LogP contribution in [-0.2, 0) is 5.41 Å². The standard InChI is InChI=1S/C20H28O/c1-6-8-12-17(7-2)19(3,4)20(5,15-16-21)18-13-10-9-11-14-18/h6-14,21H,2,15-16H2,1,3-5H3/b8-6-,17-12+. The van der Waals surface area contributed by atoms with Gasteiger partial charge in [-0.05, 0) is 29.9 Å². The number of aliphatic hydroxyl groups is 1. The van der Waals surface area contributed by atoms with E-state index in [9.17, 15) is 5.11 Å². The van der Waals surface area contributed by atoms with Gasteiger partial charge in [0.2, 0.25) is 0 Å². The topological polar surface area (TPSA) is 20.2 Å². The zero-order valence-corrected chi connectivity index (χ0v) is 13.8. The molecule has 0 aliphatic rings. The molecule has 1 aromatic rings. The van der Waals surface area contributed by atoms with Crippen LogP contribution in [0.5, 0.6) is 0 Å². The molecule has 21 heavy (non-hydrogen) atoms. The maximum absolute atomic E-state index is 9.60. The highest BCUT2D eigenvalue weighted by molar-refractivity contribution is 5.38. The highest BCUT2D eigenvalue weighted by Crippen LogP contribution is 2.49. The van der Waals surface area contributed by atoms with Crippen molar-refractivity contribution in [1.29, 1.82) is 0 Å². The highest BCUT2D eigenvalue weighted by atomic mass is 16.3. The molecule has 1 aromatic carbocycles. The second kappa shape index (κ2) is 7.42. The highest BCUT2D eigenvalue weighted by Gasteiger charge is 2.43. The molecule has 0 aromatic heterocycles. The van der Waals surface area contributed by atoms with E-state index in [2.05, 4.69) is 57.7 Å². The van der Waals surface area contributed by atoms with Gasteiger partial charge in [0.1, 0.15) is 0 Å². The van der Waals surface area contributed by atoms with Crippen molar-refractivity contribution in [2.24, 2.45) is 5.41 Å². The lowest BCUT2D eigenvalue weighted by Crippen LogP contribution is -2.41. The number of aliphatic hydroxyl groups excluding tert-OH is 1. The molecule has 1 atom stereocenters. The molecule has 1 unspecified atom stereocenters. The molecule has 0 bridgehead atoms. The Morgan fingerprint density at radius 2 is 1.81 bits per heavy atom. The van der Waals surface area contributed by atoms with E-state index >= 15 is 0 Å². The summed E-state index contributed by atoms with van der Waals surface area (Å²) < 4.78 is 0. The van der Waals surface area contributed by atoms with Crippen LogP contribution in [-0.4, -0.2) is 11.7 Å². The summed E-state index contributed by atoms with van der Waals surface area (Å²) >= 11 is 0. The van der Waals surface area contributed by atoms with E-state index in [0.29, 0.717) is 6.42 Å². The van der Waals surface area contributed by atoms with E-state index in [1.165, 1.54) is 11.1 Å². The van der Waals surface area contributed by atoms with E-state index in [0.717, 1.165) is 0 Å². The van der Waals surface area contributed by atoms with Gasteiger partial charge in [0.05, 0.1) is 0 Å². The van der Waals surface area contributed by atoms with Crippen LogP contribution in [0, 0.1) is 5.41 Å². The van der Waals surface area contributed by atoms with Crippen molar-refractivity contribution < 1.29 is 5.11 Å². The first-order valence-corrected chi connectivity index (χ1v) is 7.56. The first-order valence-electron chi connectivity index (χ1n) is 7.56. The molecular formula is C20H28O. The lowest BCUT2D eigenvalue weighted by Gasteiger charge is -2.46. The Balaban J connectivity index is 3.41. The maximum atomic E-state index is 9.60. The van der Waals surface area contributed by atoms with Crippen LogP contribution in [0.15, 0.2) is 66.8 Å². The van der Waals surface area contributed by atoms with Gasteiger partial charge >= 0.3 is 0 Å². The van der Waals surface area contributed by atoms with Crippen LogP contribution >= 0.6 is 0 Å². The average molecular weight is 284 g/mol. The number of hydrogen-bond acceptors (Lipinski definition) is 1. The van der Waals surface area contributed by atoms with Crippen LogP contribution < -0.4 is 0 Å². The molecule has 0 amide bonds. The van der Waals surface area contributed by atoms with Crippen LogP contribution in [0.1, 0.15) is 39.7 Å². The van der Waals surface area contributed by atoms with Gasteiger partial charge < -0.3 is 5.11 Å². The second-order valence-electron chi connectivity index (χ2n) is 6.15. The predicted molar refractivity (Wildman–Crippen MR) is 92.4 cm³/mol. The van der Waals surface area contributed by atoms with Crippen molar-refractivity contribution >= 4 is 0 Å². The molecule has 114 valence electrons. The fourth-order valence-corrected chi connectivity index (χ4v) is 2.90. The third-order valence-corrected chi connectivity index (χ3v) is 4.81. The van der Waals surface area contributed by atoms with E-state index in [1.807, 2.05) is 31.2 Å². The molecule has 0 aliphatic heterocycles. The van der Waals surface area contributed by atoms with Crippen molar-refractivity contribution in [2.45, 2.75) is 39.5 Å². The summed E-state index contributed by atoms with van der Waals surface area (Å²) in [6.07, 6.45) is 8.82. The van der Waals surface area contributed by atoms with Gasteiger partial charge in [0, 0.05) is 12.0 Å². The molecule has 1 N–H and O–H groups in total. The lowest BCUT2D eigenvalue weighted by molar-refractivity contribution is 0.163. The summed E-state index contributed by atoms with van der Waals surface area (Å²) in [4.78, 5) is 0. The number of benzene rings is 1. The molecule has 1 rings (SSSR count). The van der Waals surface area contributed by atoms with E-state index in [4.69, 9.17) is 0 Å². The van der Waals surface area contributed by atoms with Gasteiger partial charge in [0.25, 0.3) is 0 Å². The summed E-state index contributed by atoms with van der Waals surface area (Å²) in [5.74, 6) is 0. The Labute approximate surface area is 129 Å². The van der Waals surface area contributed by atoms with Gasteiger partial charge in [-0.2, -0.15) is 0 Å². The molecule has 0 saturated carbocycles. The lowest BCUT2D eigenvalue weighted by atomic mass is 9.58. The molecule has 0 aliphatic carbocycles. The van der Waals surface area contributed by atoms with Crippen molar-refractivity contribution in [1.82, 2.24) is 0 Å². The minimum absolute atomic E-state index is 0.141. The summed E-state index contributed by atoms with van der Waals surface area (Å²) in [7, 11) is 0. The summed E-state index contributed by atoms with van der Waals surface area (Å²) in [5, 5.41) is 9.60. The first kappa shape index (κ1) is 17.5. The summed E-state index contributed by atoms with van der Waals surface area (Å²) in [6.45, 7) is 12.8. The normalized spacial score (nSPS) is 16.0. The van der Waals surface area contributed by atoms with Gasteiger partial charge in [-0.25, -0.2) is 0 Å². The fraction of sp³-hybridized carbons (Fsp3) is 0.400. The molecule has 0 spiro atoms. The minimum atomic E-state index is -0.162. The minimum Gasteiger partial charge on any atom is -0.396 e. The molecule has 0 radical (unpaired) electrons. The van der Waals surface area contributed by atoms with Gasteiger partial charge in [-0.15, -0.1) is 0 Å². The van der Waals surface area contributed by atoms with E-state index in [-0.39, 0.29) is 17.4 Å². The quantitative estimate of drug-likeness (QED) is 0.695.